The number of nitrogens with one attached hydrogen (secondary N) is 1. The molecule has 0 amide bonds. The largest absolute Gasteiger partial charge is 0.478 e. The molecule has 1 aromatic carbocycles. The van der Waals surface area contributed by atoms with Crippen molar-refractivity contribution in [2.45, 2.75) is 20.3 Å². The number of Topliss-reactive ketones (excluding diaryl/α,β-unsaturated/α-hetero) is 1. The van der Waals surface area contributed by atoms with Gasteiger partial charge in [0.05, 0.1) is 0 Å². The van der Waals surface area contributed by atoms with Crippen LogP contribution in [0.15, 0.2) is 30.3 Å². The van der Waals surface area contributed by atoms with Crippen LogP contribution in [-0.4, -0.2) is 26.8 Å². The standard InChI is InChI=1S/C16H16N2O3/c1-10-16(11(2)19)18-14(17-10)9-13-5-3-12(4-6-13)7-8-15(20)21/h3-8H,9H2,1-2H3,(H,17,18)(H,20,21). The van der Waals surface area contributed by atoms with Gasteiger partial charge in [-0.3, -0.25) is 4.79 Å². The molecule has 0 fully saturated rings. The molecule has 2 N–H and O–H groups in total. The second kappa shape index (κ2) is 6.17. The molecule has 1 heterocycles. The summed E-state index contributed by atoms with van der Waals surface area (Å²) in [7, 11) is 0. The fourth-order valence-electron chi connectivity index (χ4n) is 2.06. The van der Waals surface area contributed by atoms with Crippen molar-refractivity contribution in [1.82, 2.24) is 9.97 Å². The first-order valence-electron chi connectivity index (χ1n) is 6.52. The van der Waals surface area contributed by atoms with E-state index in [9.17, 15) is 9.59 Å². The lowest BCUT2D eigenvalue weighted by atomic mass is 10.1. The number of carboxylic acid groups (broad SMARTS) is 1. The zero-order valence-corrected chi connectivity index (χ0v) is 11.9. The van der Waals surface area contributed by atoms with Gasteiger partial charge >= 0.3 is 5.97 Å². The predicted octanol–water partition coefficient (Wildman–Crippen LogP) is 2.61. The first-order valence-corrected chi connectivity index (χ1v) is 6.52. The van der Waals surface area contributed by atoms with Crippen LogP contribution in [0.5, 0.6) is 0 Å². The smallest absolute Gasteiger partial charge is 0.328 e. The monoisotopic (exact) mass is 284 g/mol. The maximum Gasteiger partial charge on any atom is 0.328 e. The Hall–Kier alpha value is -2.69. The number of H-pyrrole nitrogens is 1. The van der Waals surface area contributed by atoms with E-state index in [-0.39, 0.29) is 5.78 Å². The molecule has 0 aliphatic carbocycles. The van der Waals surface area contributed by atoms with Crippen LogP contribution in [0, 0.1) is 6.92 Å². The van der Waals surface area contributed by atoms with Crippen LogP contribution in [-0.2, 0) is 11.2 Å². The second-order valence-corrected chi connectivity index (χ2v) is 4.80. The molecule has 0 aliphatic rings. The summed E-state index contributed by atoms with van der Waals surface area (Å²) in [6.45, 7) is 3.32. The number of aromatic amines is 1. The highest BCUT2D eigenvalue weighted by molar-refractivity contribution is 5.93. The summed E-state index contributed by atoms with van der Waals surface area (Å²) in [5, 5.41) is 8.57. The van der Waals surface area contributed by atoms with Gasteiger partial charge in [-0.2, -0.15) is 0 Å². The van der Waals surface area contributed by atoms with Crippen LogP contribution in [0.25, 0.3) is 6.08 Å². The van der Waals surface area contributed by atoms with Crippen LogP contribution in [0.3, 0.4) is 0 Å². The molecule has 0 atom stereocenters. The molecule has 108 valence electrons. The Morgan fingerprint density at radius 2 is 1.95 bits per heavy atom. The van der Waals surface area contributed by atoms with E-state index >= 15 is 0 Å². The number of carboxylic acids is 1. The molecule has 0 unspecified atom stereocenters. The average molecular weight is 284 g/mol. The lowest BCUT2D eigenvalue weighted by Crippen LogP contribution is -1.95. The molecule has 0 radical (unpaired) electrons. The number of hydrogen-bond acceptors (Lipinski definition) is 3. The van der Waals surface area contributed by atoms with Gasteiger partial charge in [-0.1, -0.05) is 24.3 Å². The van der Waals surface area contributed by atoms with Gasteiger partial charge < -0.3 is 10.1 Å². The molecule has 0 aliphatic heterocycles. The minimum atomic E-state index is -0.970. The second-order valence-electron chi connectivity index (χ2n) is 4.80. The Morgan fingerprint density at radius 3 is 2.48 bits per heavy atom. The van der Waals surface area contributed by atoms with Crippen molar-refractivity contribution in [3.63, 3.8) is 0 Å². The van der Waals surface area contributed by atoms with Crippen molar-refractivity contribution in [2.75, 3.05) is 0 Å². The molecule has 5 nitrogen and oxygen atoms in total. The number of aromatic nitrogens is 2. The summed E-state index contributed by atoms with van der Waals surface area (Å²) in [6, 6.07) is 7.51. The fraction of sp³-hybridized carbons (Fsp3) is 0.188. The zero-order valence-electron chi connectivity index (χ0n) is 11.9. The highest BCUT2D eigenvalue weighted by atomic mass is 16.4. The quantitative estimate of drug-likeness (QED) is 0.653. The Bertz CT molecular complexity index is 697. The molecule has 0 saturated heterocycles. The molecule has 1 aromatic heterocycles. The van der Waals surface area contributed by atoms with Crippen molar-refractivity contribution in [3.8, 4) is 0 Å². The molecule has 21 heavy (non-hydrogen) atoms. The minimum absolute atomic E-state index is 0.0517. The van der Waals surface area contributed by atoms with E-state index in [1.807, 2.05) is 31.2 Å². The average Bonchev–Trinajstić information content (AvgIpc) is 2.79. The summed E-state index contributed by atoms with van der Waals surface area (Å²) < 4.78 is 0. The van der Waals surface area contributed by atoms with E-state index in [1.54, 1.807) is 0 Å². The van der Waals surface area contributed by atoms with Crippen LogP contribution in [0.2, 0.25) is 0 Å². The molecular weight excluding hydrogens is 268 g/mol. The number of hydrogen-bond donors (Lipinski definition) is 2. The third kappa shape index (κ3) is 3.89. The highest BCUT2D eigenvalue weighted by Crippen LogP contribution is 2.12. The number of aliphatic carboxylic acids is 1. The summed E-state index contributed by atoms with van der Waals surface area (Å²) >= 11 is 0. The van der Waals surface area contributed by atoms with Crippen LogP contribution in [0.4, 0.5) is 0 Å². The van der Waals surface area contributed by atoms with Gasteiger partial charge in [-0.15, -0.1) is 0 Å². The summed E-state index contributed by atoms with van der Waals surface area (Å²) in [4.78, 5) is 29.2. The maximum atomic E-state index is 11.4. The van der Waals surface area contributed by atoms with Crippen molar-refractivity contribution in [3.05, 3.63) is 58.7 Å². The van der Waals surface area contributed by atoms with Crippen LogP contribution in [0.1, 0.15) is 40.1 Å². The third-order valence-corrected chi connectivity index (χ3v) is 3.04. The normalized spacial score (nSPS) is 11.0. The van der Waals surface area contributed by atoms with Crippen molar-refractivity contribution >= 4 is 17.8 Å². The lowest BCUT2D eigenvalue weighted by Gasteiger charge is -1.99. The van der Waals surface area contributed by atoms with Crippen LogP contribution < -0.4 is 0 Å². The summed E-state index contributed by atoms with van der Waals surface area (Å²) in [5.74, 6) is -0.280. The maximum absolute atomic E-state index is 11.4. The fourth-order valence-corrected chi connectivity index (χ4v) is 2.06. The lowest BCUT2D eigenvalue weighted by molar-refractivity contribution is -0.131. The van der Waals surface area contributed by atoms with E-state index in [1.165, 1.54) is 13.0 Å². The van der Waals surface area contributed by atoms with Crippen LogP contribution >= 0.6 is 0 Å². The SMILES string of the molecule is CC(=O)c1nc(Cc2ccc(C=CC(=O)O)cc2)[nH]c1C. The Labute approximate surface area is 122 Å². The van der Waals surface area contributed by atoms with E-state index in [0.29, 0.717) is 12.1 Å². The first-order chi connectivity index (χ1) is 9.95. The number of carbonyl (C=O) groups excluding carboxylic acids is 1. The Balaban J connectivity index is 2.11. The van der Waals surface area contributed by atoms with Crippen molar-refractivity contribution in [2.24, 2.45) is 0 Å². The topological polar surface area (TPSA) is 83.1 Å². The van der Waals surface area contributed by atoms with Crippen molar-refractivity contribution < 1.29 is 14.7 Å². The molecule has 2 aromatic rings. The van der Waals surface area contributed by atoms with Gasteiger partial charge in [0.1, 0.15) is 11.5 Å². The molecule has 0 saturated carbocycles. The molecule has 0 bridgehead atoms. The number of ketones is 1. The molecule has 2 rings (SSSR count). The Morgan fingerprint density at radius 1 is 1.29 bits per heavy atom. The number of imidazole rings is 1. The van der Waals surface area contributed by atoms with Gasteiger partial charge in [-0.05, 0) is 24.1 Å². The molecular formula is C16H16N2O3. The van der Waals surface area contributed by atoms with Gasteiger partial charge in [0.25, 0.3) is 0 Å². The number of carbonyl (C=O) groups is 2. The van der Waals surface area contributed by atoms with Gasteiger partial charge in [0.2, 0.25) is 0 Å². The van der Waals surface area contributed by atoms with E-state index < -0.39 is 5.97 Å². The first kappa shape index (κ1) is 14.7. The zero-order chi connectivity index (χ0) is 15.4. The summed E-state index contributed by atoms with van der Waals surface area (Å²) in [6.07, 6.45) is 3.23. The number of rotatable bonds is 5. The number of benzene rings is 1. The van der Waals surface area contributed by atoms with Gasteiger partial charge in [0.15, 0.2) is 5.78 Å². The molecule has 5 heteroatoms. The predicted molar refractivity (Wildman–Crippen MR) is 79.2 cm³/mol. The minimum Gasteiger partial charge on any atom is -0.478 e. The van der Waals surface area contributed by atoms with E-state index in [4.69, 9.17) is 5.11 Å². The van der Waals surface area contributed by atoms with E-state index in [0.717, 1.165) is 28.7 Å². The van der Waals surface area contributed by atoms with Gasteiger partial charge in [-0.25, -0.2) is 9.78 Å². The third-order valence-electron chi connectivity index (χ3n) is 3.04. The summed E-state index contributed by atoms with van der Waals surface area (Å²) in [5.41, 5.74) is 3.11. The van der Waals surface area contributed by atoms with E-state index in [2.05, 4.69) is 9.97 Å². The highest BCUT2D eigenvalue weighted by Gasteiger charge is 2.10. The number of aryl methyl sites for hydroxylation is 1. The Kier molecular flexibility index (Phi) is 4.33. The molecule has 0 spiro atoms. The van der Waals surface area contributed by atoms with Crippen molar-refractivity contribution in [1.29, 1.82) is 0 Å². The number of nitrogens with zero attached hydrogens (tertiary/aromatic N) is 1. The van der Waals surface area contributed by atoms with Gasteiger partial charge in [0, 0.05) is 25.1 Å².